The lowest BCUT2D eigenvalue weighted by atomic mass is 10.2. The summed E-state index contributed by atoms with van der Waals surface area (Å²) in [6, 6.07) is 8.33. The second kappa shape index (κ2) is 5.09. The zero-order valence-electron chi connectivity index (χ0n) is 9.61. The Morgan fingerprint density at radius 3 is 2.94 bits per heavy atom. The lowest BCUT2D eigenvalue weighted by Gasteiger charge is -1.99. The first-order valence-electron chi connectivity index (χ1n) is 5.72. The summed E-state index contributed by atoms with van der Waals surface area (Å²) in [4.78, 5) is 0. The Bertz CT molecular complexity index is 461. The van der Waals surface area contributed by atoms with E-state index in [-0.39, 0.29) is 0 Å². The van der Waals surface area contributed by atoms with Crippen molar-refractivity contribution in [1.29, 1.82) is 0 Å². The molecule has 0 radical (unpaired) electrons. The molecular formula is C12H18N4. The third kappa shape index (κ3) is 2.08. The van der Waals surface area contributed by atoms with Crippen LogP contribution < -0.4 is 11.1 Å². The number of hydrogen-bond acceptors (Lipinski definition) is 3. The molecule has 0 fully saturated rings. The maximum Gasteiger partial charge on any atom is 0.0841 e. The predicted molar refractivity (Wildman–Crippen MR) is 66.2 cm³/mol. The highest BCUT2D eigenvalue weighted by molar-refractivity contribution is 5.81. The summed E-state index contributed by atoms with van der Waals surface area (Å²) in [5.74, 6) is 0. The minimum absolute atomic E-state index is 0.659. The van der Waals surface area contributed by atoms with E-state index in [0.29, 0.717) is 6.54 Å². The van der Waals surface area contributed by atoms with Gasteiger partial charge < -0.3 is 11.1 Å². The molecule has 2 aromatic rings. The Balaban J connectivity index is 2.30. The van der Waals surface area contributed by atoms with Gasteiger partial charge in [-0.15, -0.1) is 0 Å². The molecule has 4 nitrogen and oxygen atoms in total. The van der Waals surface area contributed by atoms with Gasteiger partial charge in [0.25, 0.3) is 0 Å². The van der Waals surface area contributed by atoms with E-state index in [1.54, 1.807) is 0 Å². The largest absolute Gasteiger partial charge is 0.329 e. The summed E-state index contributed by atoms with van der Waals surface area (Å²) in [7, 11) is 0. The molecule has 1 heterocycles. The number of nitrogens with two attached hydrogens (primary N) is 1. The summed E-state index contributed by atoms with van der Waals surface area (Å²) in [5.41, 5.74) is 7.75. The monoisotopic (exact) mass is 218 g/mol. The second-order valence-electron chi connectivity index (χ2n) is 3.75. The van der Waals surface area contributed by atoms with Gasteiger partial charge in [-0.1, -0.05) is 18.2 Å². The number of nitrogens with one attached hydrogen (secondary N) is 1. The first-order chi connectivity index (χ1) is 7.86. The van der Waals surface area contributed by atoms with Gasteiger partial charge in [0.15, 0.2) is 0 Å². The first kappa shape index (κ1) is 11.1. The first-order valence-corrected chi connectivity index (χ1v) is 5.72. The lowest BCUT2D eigenvalue weighted by molar-refractivity contribution is 0.634. The maximum atomic E-state index is 5.45. The summed E-state index contributed by atoms with van der Waals surface area (Å²) >= 11 is 0. The number of aromatic nitrogens is 2. The molecule has 0 amide bonds. The standard InChI is InChI=1S/C12H18N4/c1-2-16-12-6-4-3-5-10(12)11(15-16)9-14-8-7-13/h3-6,14H,2,7-9,13H2,1H3. The fraction of sp³-hybridized carbons (Fsp3) is 0.417. The molecule has 0 spiro atoms. The minimum atomic E-state index is 0.659. The van der Waals surface area contributed by atoms with Gasteiger partial charge in [-0.05, 0) is 13.0 Å². The zero-order chi connectivity index (χ0) is 11.4. The van der Waals surface area contributed by atoms with E-state index < -0.39 is 0 Å². The molecule has 1 aromatic heterocycles. The van der Waals surface area contributed by atoms with Gasteiger partial charge in [-0.25, -0.2) is 0 Å². The molecule has 86 valence electrons. The van der Waals surface area contributed by atoms with E-state index in [1.165, 1.54) is 10.9 Å². The minimum Gasteiger partial charge on any atom is -0.329 e. The molecule has 16 heavy (non-hydrogen) atoms. The van der Waals surface area contributed by atoms with Crippen LogP contribution in [0.15, 0.2) is 24.3 Å². The Hall–Kier alpha value is -1.39. The molecule has 0 unspecified atom stereocenters. The average molecular weight is 218 g/mol. The zero-order valence-corrected chi connectivity index (χ0v) is 9.61. The highest BCUT2D eigenvalue weighted by Crippen LogP contribution is 2.17. The van der Waals surface area contributed by atoms with E-state index >= 15 is 0 Å². The molecule has 0 aliphatic rings. The Labute approximate surface area is 95.4 Å². The van der Waals surface area contributed by atoms with Crippen LogP contribution in [0.2, 0.25) is 0 Å². The van der Waals surface area contributed by atoms with Gasteiger partial charge in [0.1, 0.15) is 0 Å². The summed E-state index contributed by atoms with van der Waals surface area (Å²) in [6.07, 6.45) is 0. The van der Waals surface area contributed by atoms with Crippen LogP contribution in [0.25, 0.3) is 10.9 Å². The number of rotatable bonds is 5. The summed E-state index contributed by atoms with van der Waals surface area (Å²) in [6.45, 7) is 5.28. The van der Waals surface area contributed by atoms with Crippen molar-refractivity contribution in [1.82, 2.24) is 15.1 Å². The van der Waals surface area contributed by atoms with Crippen molar-refractivity contribution < 1.29 is 0 Å². The molecule has 0 aliphatic heterocycles. The van der Waals surface area contributed by atoms with Crippen molar-refractivity contribution in [3.8, 4) is 0 Å². The molecule has 3 N–H and O–H groups in total. The van der Waals surface area contributed by atoms with Crippen molar-refractivity contribution in [2.45, 2.75) is 20.0 Å². The fourth-order valence-electron chi connectivity index (χ4n) is 1.88. The van der Waals surface area contributed by atoms with Gasteiger partial charge in [0, 0.05) is 31.6 Å². The highest BCUT2D eigenvalue weighted by Gasteiger charge is 2.07. The fourth-order valence-corrected chi connectivity index (χ4v) is 1.88. The molecular weight excluding hydrogens is 200 g/mol. The van der Waals surface area contributed by atoms with Crippen LogP contribution in [0.4, 0.5) is 0 Å². The predicted octanol–water partition coefficient (Wildman–Crippen LogP) is 1.10. The molecule has 0 atom stereocenters. The van der Waals surface area contributed by atoms with Gasteiger partial charge in [-0.3, -0.25) is 4.68 Å². The molecule has 1 aromatic carbocycles. The van der Waals surface area contributed by atoms with E-state index in [4.69, 9.17) is 5.73 Å². The van der Waals surface area contributed by atoms with Crippen LogP contribution in [0, 0.1) is 0 Å². The van der Waals surface area contributed by atoms with Crippen LogP contribution in [-0.2, 0) is 13.1 Å². The van der Waals surface area contributed by atoms with E-state index in [1.807, 2.05) is 10.7 Å². The SMILES string of the molecule is CCn1nc(CNCCN)c2ccccc21. The highest BCUT2D eigenvalue weighted by atomic mass is 15.3. The topological polar surface area (TPSA) is 55.9 Å². The maximum absolute atomic E-state index is 5.45. The number of hydrogen-bond donors (Lipinski definition) is 2. The van der Waals surface area contributed by atoms with E-state index in [2.05, 4.69) is 35.5 Å². The van der Waals surface area contributed by atoms with Gasteiger partial charge in [-0.2, -0.15) is 5.10 Å². The molecule has 0 aliphatic carbocycles. The average Bonchev–Trinajstić information content (AvgIpc) is 2.68. The van der Waals surface area contributed by atoms with Crippen molar-refractivity contribution in [3.63, 3.8) is 0 Å². The van der Waals surface area contributed by atoms with E-state index in [9.17, 15) is 0 Å². The Kier molecular flexibility index (Phi) is 3.54. The summed E-state index contributed by atoms with van der Waals surface area (Å²) < 4.78 is 2.04. The van der Waals surface area contributed by atoms with Crippen molar-refractivity contribution in [3.05, 3.63) is 30.0 Å². The van der Waals surface area contributed by atoms with Crippen molar-refractivity contribution in [2.75, 3.05) is 13.1 Å². The van der Waals surface area contributed by atoms with Crippen LogP contribution in [-0.4, -0.2) is 22.9 Å². The van der Waals surface area contributed by atoms with Crippen LogP contribution in [0.1, 0.15) is 12.6 Å². The molecule has 0 bridgehead atoms. The number of para-hydroxylation sites is 1. The van der Waals surface area contributed by atoms with Gasteiger partial charge in [0.2, 0.25) is 0 Å². The number of benzene rings is 1. The van der Waals surface area contributed by atoms with Crippen LogP contribution >= 0.6 is 0 Å². The molecule has 4 heteroatoms. The quantitative estimate of drug-likeness (QED) is 0.739. The molecule has 0 saturated carbocycles. The Morgan fingerprint density at radius 2 is 2.19 bits per heavy atom. The van der Waals surface area contributed by atoms with Crippen molar-refractivity contribution >= 4 is 10.9 Å². The van der Waals surface area contributed by atoms with Crippen LogP contribution in [0.5, 0.6) is 0 Å². The van der Waals surface area contributed by atoms with E-state index in [0.717, 1.165) is 25.3 Å². The number of nitrogens with zero attached hydrogens (tertiary/aromatic N) is 2. The van der Waals surface area contributed by atoms with Crippen molar-refractivity contribution in [2.24, 2.45) is 5.73 Å². The van der Waals surface area contributed by atoms with Gasteiger partial charge >= 0.3 is 0 Å². The Morgan fingerprint density at radius 1 is 1.38 bits per heavy atom. The smallest absolute Gasteiger partial charge is 0.0841 e. The normalized spacial score (nSPS) is 11.1. The second-order valence-corrected chi connectivity index (χ2v) is 3.75. The third-order valence-corrected chi connectivity index (χ3v) is 2.65. The summed E-state index contributed by atoms with van der Waals surface area (Å²) in [5, 5.41) is 9.10. The van der Waals surface area contributed by atoms with Crippen LogP contribution in [0.3, 0.4) is 0 Å². The third-order valence-electron chi connectivity index (χ3n) is 2.65. The lowest BCUT2D eigenvalue weighted by Crippen LogP contribution is -2.22. The number of fused-ring (bicyclic) bond motifs is 1. The molecule has 0 saturated heterocycles. The number of aryl methyl sites for hydroxylation is 1. The van der Waals surface area contributed by atoms with Gasteiger partial charge in [0.05, 0.1) is 11.2 Å². The molecule has 2 rings (SSSR count).